The zero-order valence-electron chi connectivity index (χ0n) is 17.9. The van der Waals surface area contributed by atoms with Gasteiger partial charge in [-0.3, -0.25) is 4.79 Å². The molecular weight excluding hydrogens is 412 g/mol. The van der Waals surface area contributed by atoms with Crippen molar-refractivity contribution in [3.8, 4) is 5.75 Å². The molecule has 1 atom stereocenters. The first-order valence-electron chi connectivity index (χ1n) is 11.0. The van der Waals surface area contributed by atoms with Crippen molar-refractivity contribution in [2.75, 3.05) is 20.2 Å². The van der Waals surface area contributed by atoms with E-state index in [1.165, 1.54) is 10.4 Å². The molecule has 4 rings (SSSR count). The number of sulfonamides is 1. The first kappa shape index (κ1) is 21.8. The van der Waals surface area contributed by atoms with E-state index in [1.807, 2.05) is 24.3 Å². The molecule has 2 aromatic rings. The van der Waals surface area contributed by atoms with Gasteiger partial charge in [0.1, 0.15) is 5.75 Å². The maximum absolute atomic E-state index is 13.1. The highest BCUT2D eigenvalue weighted by Crippen LogP contribution is 2.28. The maximum atomic E-state index is 13.1. The van der Waals surface area contributed by atoms with Crippen LogP contribution in [0.1, 0.15) is 48.0 Å². The number of rotatable bonds is 6. The average Bonchev–Trinajstić information content (AvgIpc) is 2.82. The van der Waals surface area contributed by atoms with Gasteiger partial charge in [-0.15, -0.1) is 0 Å². The molecule has 1 aliphatic heterocycles. The van der Waals surface area contributed by atoms with Gasteiger partial charge in [0.25, 0.3) is 5.91 Å². The normalized spacial score (nSPS) is 19.5. The molecule has 31 heavy (non-hydrogen) atoms. The van der Waals surface area contributed by atoms with Gasteiger partial charge in [0.05, 0.1) is 11.5 Å². The minimum absolute atomic E-state index is 0.0328. The highest BCUT2D eigenvalue weighted by molar-refractivity contribution is 7.89. The summed E-state index contributed by atoms with van der Waals surface area (Å²) in [5.74, 6) is 0.824. The number of ether oxygens (including phenoxy) is 1. The molecule has 1 saturated carbocycles. The van der Waals surface area contributed by atoms with Crippen LogP contribution in [0.3, 0.4) is 0 Å². The van der Waals surface area contributed by atoms with Gasteiger partial charge in [-0.05, 0) is 49.1 Å². The third kappa shape index (κ3) is 4.93. The van der Waals surface area contributed by atoms with Crippen LogP contribution >= 0.6 is 0 Å². The average molecular weight is 443 g/mol. The Morgan fingerprint density at radius 2 is 1.87 bits per heavy atom. The number of hydrogen-bond acceptors (Lipinski definition) is 4. The van der Waals surface area contributed by atoms with E-state index < -0.39 is 10.0 Å². The smallest absolute Gasteiger partial charge is 0.251 e. The van der Waals surface area contributed by atoms with Crippen LogP contribution in [0.2, 0.25) is 0 Å². The first-order valence-corrected chi connectivity index (χ1v) is 12.5. The molecule has 7 heteroatoms. The van der Waals surface area contributed by atoms with Crippen LogP contribution in [0.25, 0.3) is 0 Å². The van der Waals surface area contributed by atoms with Crippen LogP contribution in [0, 0.1) is 5.92 Å². The van der Waals surface area contributed by atoms with Crippen LogP contribution < -0.4 is 10.1 Å². The molecule has 1 aliphatic carbocycles. The highest BCUT2D eigenvalue weighted by Gasteiger charge is 2.29. The Labute approximate surface area is 184 Å². The van der Waals surface area contributed by atoms with Gasteiger partial charge in [0.2, 0.25) is 10.0 Å². The molecule has 1 heterocycles. The minimum Gasteiger partial charge on any atom is -0.493 e. The summed E-state index contributed by atoms with van der Waals surface area (Å²) in [7, 11) is -1.98. The van der Waals surface area contributed by atoms with Gasteiger partial charge >= 0.3 is 0 Å². The summed E-state index contributed by atoms with van der Waals surface area (Å²) in [6.45, 7) is 1.03. The van der Waals surface area contributed by atoms with Crippen molar-refractivity contribution in [3.05, 3.63) is 59.7 Å². The van der Waals surface area contributed by atoms with Crippen molar-refractivity contribution in [2.45, 2.75) is 49.5 Å². The third-order valence-corrected chi connectivity index (χ3v) is 8.28. The second-order valence-corrected chi connectivity index (χ2v) is 10.5. The van der Waals surface area contributed by atoms with Crippen LogP contribution in [-0.2, 0) is 16.4 Å². The number of nitrogens with zero attached hydrogens (tertiary/aromatic N) is 1. The van der Waals surface area contributed by atoms with Gasteiger partial charge in [-0.2, -0.15) is 4.31 Å². The summed E-state index contributed by atoms with van der Waals surface area (Å²) in [6.07, 6.45) is 5.91. The predicted molar refractivity (Wildman–Crippen MR) is 120 cm³/mol. The molecule has 0 aromatic heterocycles. The summed E-state index contributed by atoms with van der Waals surface area (Å²) in [4.78, 5) is 12.9. The Bertz CT molecular complexity index is 1030. The van der Waals surface area contributed by atoms with Crippen LogP contribution in [0.4, 0.5) is 0 Å². The molecule has 0 spiro atoms. The lowest BCUT2D eigenvalue weighted by Gasteiger charge is -2.30. The molecular formula is C24H30N2O4S. The Hall–Kier alpha value is -2.38. The van der Waals surface area contributed by atoms with Crippen molar-refractivity contribution < 1.29 is 17.9 Å². The van der Waals surface area contributed by atoms with Crippen LogP contribution in [0.5, 0.6) is 5.75 Å². The summed E-state index contributed by atoms with van der Waals surface area (Å²) in [5.41, 5.74) is 1.50. The third-order valence-electron chi connectivity index (χ3n) is 6.37. The van der Waals surface area contributed by atoms with Gasteiger partial charge in [0, 0.05) is 31.1 Å². The summed E-state index contributed by atoms with van der Waals surface area (Å²) >= 11 is 0. The van der Waals surface area contributed by atoms with E-state index >= 15 is 0 Å². The van der Waals surface area contributed by atoms with Gasteiger partial charge < -0.3 is 10.1 Å². The molecule has 1 amide bonds. The first-order chi connectivity index (χ1) is 14.9. The summed E-state index contributed by atoms with van der Waals surface area (Å²) in [6, 6.07) is 14.3. The van der Waals surface area contributed by atoms with E-state index in [-0.39, 0.29) is 22.8 Å². The van der Waals surface area contributed by atoms with Crippen molar-refractivity contribution in [1.82, 2.24) is 9.62 Å². The predicted octanol–water partition coefficient (Wildman–Crippen LogP) is 3.62. The number of carbonyl (C=O) groups excluding carboxylic acids is 1. The lowest BCUT2D eigenvalue weighted by molar-refractivity contribution is 0.0939. The monoisotopic (exact) mass is 442 g/mol. The number of nitrogens with one attached hydrogen (secondary N) is 1. The lowest BCUT2D eigenvalue weighted by atomic mass is 9.96. The molecule has 2 aromatic carbocycles. The second-order valence-electron chi connectivity index (χ2n) is 8.54. The number of carbonyl (C=O) groups is 1. The fourth-order valence-corrected chi connectivity index (χ4v) is 5.93. The van der Waals surface area contributed by atoms with Crippen LogP contribution in [0.15, 0.2) is 53.4 Å². The van der Waals surface area contributed by atoms with E-state index in [2.05, 4.69) is 5.32 Å². The zero-order chi connectivity index (χ0) is 21.8. The quantitative estimate of drug-likeness (QED) is 0.741. The Kier molecular flexibility index (Phi) is 6.62. The molecule has 2 aliphatic rings. The molecule has 0 bridgehead atoms. The number of hydrogen-bond donors (Lipinski definition) is 1. The van der Waals surface area contributed by atoms with E-state index in [9.17, 15) is 13.2 Å². The molecule has 0 radical (unpaired) electrons. The van der Waals surface area contributed by atoms with E-state index in [0.717, 1.165) is 49.8 Å². The highest BCUT2D eigenvalue weighted by atomic mass is 32.2. The number of fused-ring (bicyclic) bond motifs is 1. The van der Waals surface area contributed by atoms with E-state index in [4.69, 9.17) is 4.74 Å². The second kappa shape index (κ2) is 9.40. The largest absolute Gasteiger partial charge is 0.493 e. The van der Waals surface area contributed by atoms with Crippen LogP contribution in [-0.4, -0.2) is 44.9 Å². The minimum atomic E-state index is -3.63. The standard InChI is InChI=1S/C24H30N2O4S/c1-26(21-10-3-2-4-11-21)31(28,29)22-12-7-9-20(15-22)24(27)25-16-18-14-19-8-5-6-13-23(19)30-17-18/h5-9,12-13,15,18,21H,2-4,10-11,14,16-17H2,1H3,(H,25,27). The SMILES string of the molecule is CN(C1CCCCC1)S(=O)(=O)c1cccc(C(=O)NCC2COc3ccccc3C2)c1. The van der Waals surface area contributed by atoms with Crippen molar-refractivity contribution in [2.24, 2.45) is 5.92 Å². The molecule has 1 fully saturated rings. The van der Waals surface area contributed by atoms with E-state index in [0.29, 0.717) is 18.7 Å². The summed E-state index contributed by atoms with van der Waals surface area (Å²) in [5, 5.41) is 2.94. The van der Waals surface area contributed by atoms with E-state index in [1.54, 1.807) is 25.2 Å². The number of amides is 1. The van der Waals surface area contributed by atoms with Crippen molar-refractivity contribution in [1.29, 1.82) is 0 Å². The summed E-state index contributed by atoms with van der Waals surface area (Å²) < 4.78 is 33.5. The van der Waals surface area contributed by atoms with Gasteiger partial charge in [-0.25, -0.2) is 8.42 Å². The Balaban J connectivity index is 1.40. The molecule has 6 nitrogen and oxygen atoms in total. The number of benzene rings is 2. The zero-order valence-corrected chi connectivity index (χ0v) is 18.7. The Morgan fingerprint density at radius 1 is 1.10 bits per heavy atom. The van der Waals surface area contributed by atoms with Crippen molar-refractivity contribution in [3.63, 3.8) is 0 Å². The fourth-order valence-electron chi connectivity index (χ4n) is 4.47. The maximum Gasteiger partial charge on any atom is 0.251 e. The lowest BCUT2D eigenvalue weighted by Crippen LogP contribution is -2.38. The number of para-hydroxylation sites is 1. The topological polar surface area (TPSA) is 75.7 Å². The van der Waals surface area contributed by atoms with Gasteiger partial charge in [-0.1, -0.05) is 43.5 Å². The fraction of sp³-hybridized carbons (Fsp3) is 0.458. The molecule has 1 unspecified atom stereocenters. The Morgan fingerprint density at radius 3 is 2.68 bits per heavy atom. The molecule has 0 saturated heterocycles. The molecule has 166 valence electrons. The van der Waals surface area contributed by atoms with Gasteiger partial charge in [0.15, 0.2) is 0 Å². The van der Waals surface area contributed by atoms with Crippen molar-refractivity contribution >= 4 is 15.9 Å². The molecule has 1 N–H and O–H groups in total.